The number of hydrogen-bond donors (Lipinski definition) is 1. The highest BCUT2D eigenvalue weighted by atomic mass is 35.5. The van der Waals surface area contributed by atoms with E-state index in [1.807, 2.05) is 31.2 Å². The molecule has 2 amide bonds. The van der Waals surface area contributed by atoms with Gasteiger partial charge in [0.05, 0.1) is 11.4 Å². The van der Waals surface area contributed by atoms with Crippen molar-refractivity contribution in [1.29, 1.82) is 0 Å². The summed E-state index contributed by atoms with van der Waals surface area (Å²) in [5, 5.41) is 3.23. The molecule has 0 fully saturated rings. The zero-order valence-electron chi connectivity index (χ0n) is 18.1. The number of amides is 2. The number of nitrogens with one attached hydrogen (secondary N) is 1. The Morgan fingerprint density at radius 1 is 1.06 bits per heavy atom. The first-order chi connectivity index (χ1) is 15.9. The van der Waals surface area contributed by atoms with Crippen molar-refractivity contribution in [1.82, 2.24) is 0 Å². The predicted octanol–water partition coefficient (Wildman–Crippen LogP) is 5.02. The van der Waals surface area contributed by atoms with E-state index in [1.54, 1.807) is 47.4 Å². The minimum absolute atomic E-state index is 0.0159. The number of nitrogens with zero attached hydrogens (tertiary/aromatic N) is 1. The average Bonchev–Trinajstić information content (AvgIpc) is 2.82. The summed E-state index contributed by atoms with van der Waals surface area (Å²) >= 11 is 6.11. The van der Waals surface area contributed by atoms with Gasteiger partial charge in [-0.05, 0) is 49.2 Å². The maximum Gasteiger partial charge on any atom is 0.265 e. The Labute approximate surface area is 197 Å². The standard InChI is InChI=1S/C26H23ClN2O4/c1-17-9-12-23-22(14-17)29(25(31)16-33-23)13-5-8-24(30)28-21-11-10-19(27)15-20(21)26(32)18-6-3-2-4-7-18/h2-4,6-7,9-12,14-15H,5,8,13,16H2,1H3,(H,28,30). The average molecular weight is 463 g/mol. The van der Waals surface area contributed by atoms with Crippen molar-refractivity contribution in [3.05, 3.63) is 88.4 Å². The van der Waals surface area contributed by atoms with Crippen LogP contribution in [0.25, 0.3) is 0 Å². The third kappa shape index (κ3) is 5.23. The van der Waals surface area contributed by atoms with E-state index in [4.69, 9.17) is 16.3 Å². The molecule has 1 N–H and O–H groups in total. The molecule has 0 atom stereocenters. The van der Waals surface area contributed by atoms with Crippen molar-refractivity contribution in [3.63, 3.8) is 0 Å². The third-order valence-electron chi connectivity index (χ3n) is 5.38. The summed E-state index contributed by atoms with van der Waals surface area (Å²) in [6.07, 6.45) is 0.647. The molecule has 0 radical (unpaired) electrons. The molecule has 0 spiro atoms. The topological polar surface area (TPSA) is 75.7 Å². The number of ketones is 1. The van der Waals surface area contributed by atoms with Crippen LogP contribution < -0.4 is 15.0 Å². The number of benzene rings is 3. The van der Waals surface area contributed by atoms with Gasteiger partial charge in [-0.1, -0.05) is 48.0 Å². The molecule has 6 nitrogen and oxygen atoms in total. The van der Waals surface area contributed by atoms with E-state index < -0.39 is 0 Å². The second-order valence-corrected chi connectivity index (χ2v) is 8.28. The normalized spacial score (nSPS) is 12.7. The number of ether oxygens (including phenoxy) is 1. The summed E-state index contributed by atoms with van der Waals surface area (Å²) in [6.45, 7) is 2.33. The van der Waals surface area contributed by atoms with Gasteiger partial charge in [0.2, 0.25) is 5.91 Å². The molecular weight excluding hydrogens is 440 g/mol. The smallest absolute Gasteiger partial charge is 0.265 e. The summed E-state index contributed by atoms with van der Waals surface area (Å²) in [5.74, 6) is 0.0562. The van der Waals surface area contributed by atoms with Gasteiger partial charge in [0.15, 0.2) is 12.4 Å². The quantitative estimate of drug-likeness (QED) is 0.500. The van der Waals surface area contributed by atoms with Gasteiger partial charge in [0, 0.05) is 29.1 Å². The van der Waals surface area contributed by atoms with Crippen LogP contribution in [-0.4, -0.2) is 30.7 Å². The van der Waals surface area contributed by atoms with E-state index in [0.717, 1.165) is 11.3 Å². The molecule has 0 unspecified atom stereocenters. The fourth-order valence-electron chi connectivity index (χ4n) is 3.73. The van der Waals surface area contributed by atoms with Crippen molar-refractivity contribution in [2.45, 2.75) is 19.8 Å². The molecule has 3 aromatic rings. The molecule has 3 aromatic carbocycles. The molecule has 0 aromatic heterocycles. The maximum atomic E-state index is 12.9. The fourth-order valence-corrected chi connectivity index (χ4v) is 3.90. The van der Waals surface area contributed by atoms with Crippen LogP contribution in [0, 0.1) is 6.92 Å². The Bertz CT molecular complexity index is 1210. The molecule has 33 heavy (non-hydrogen) atoms. The highest BCUT2D eigenvalue weighted by Crippen LogP contribution is 2.33. The van der Waals surface area contributed by atoms with Crippen LogP contribution >= 0.6 is 11.6 Å². The summed E-state index contributed by atoms with van der Waals surface area (Å²) < 4.78 is 5.50. The van der Waals surface area contributed by atoms with E-state index in [1.165, 1.54) is 0 Å². The van der Waals surface area contributed by atoms with Crippen LogP contribution in [-0.2, 0) is 9.59 Å². The maximum absolute atomic E-state index is 12.9. The van der Waals surface area contributed by atoms with Gasteiger partial charge in [-0.3, -0.25) is 14.4 Å². The molecule has 7 heteroatoms. The van der Waals surface area contributed by atoms with Crippen molar-refractivity contribution in [2.24, 2.45) is 0 Å². The van der Waals surface area contributed by atoms with Crippen molar-refractivity contribution in [3.8, 4) is 5.75 Å². The largest absolute Gasteiger partial charge is 0.482 e. The van der Waals surface area contributed by atoms with Crippen LogP contribution in [0.15, 0.2) is 66.7 Å². The number of rotatable bonds is 7. The lowest BCUT2D eigenvalue weighted by atomic mass is 10.0. The van der Waals surface area contributed by atoms with Crippen molar-refractivity contribution < 1.29 is 19.1 Å². The first-order valence-electron chi connectivity index (χ1n) is 10.7. The highest BCUT2D eigenvalue weighted by molar-refractivity contribution is 6.31. The van der Waals surface area contributed by atoms with E-state index in [-0.39, 0.29) is 30.6 Å². The van der Waals surface area contributed by atoms with Crippen LogP contribution in [0.5, 0.6) is 5.75 Å². The Morgan fingerprint density at radius 2 is 1.85 bits per heavy atom. The predicted molar refractivity (Wildman–Crippen MR) is 128 cm³/mol. The lowest BCUT2D eigenvalue weighted by Gasteiger charge is -2.29. The van der Waals surface area contributed by atoms with Crippen molar-refractivity contribution >= 4 is 40.6 Å². The second-order valence-electron chi connectivity index (χ2n) is 7.84. The van der Waals surface area contributed by atoms with E-state index in [2.05, 4.69) is 5.32 Å². The van der Waals surface area contributed by atoms with Gasteiger partial charge >= 0.3 is 0 Å². The number of aryl methyl sites for hydroxylation is 1. The Kier molecular flexibility index (Phi) is 6.75. The summed E-state index contributed by atoms with van der Waals surface area (Å²) in [4.78, 5) is 39.6. The van der Waals surface area contributed by atoms with E-state index >= 15 is 0 Å². The number of carbonyl (C=O) groups excluding carboxylic acids is 3. The molecule has 168 valence electrons. The minimum Gasteiger partial charge on any atom is -0.482 e. The van der Waals surface area contributed by atoms with E-state index in [0.29, 0.717) is 40.6 Å². The van der Waals surface area contributed by atoms with Gasteiger partial charge in [-0.2, -0.15) is 0 Å². The Hall–Kier alpha value is -3.64. The molecule has 1 heterocycles. The number of carbonyl (C=O) groups is 3. The summed E-state index contributed by atoms with van der Waals surface area (Å²) in [5.41, 5.74) is 2.99. The van der Waals surface area contributed by atoms with Gasteiger partial charge in [-0.15, -0.1) is 0 Å². The minimum atomic E-state index is -0.246. The molecule has 4 rings (SSSR count). The molecule has 0 saturated carbocycles. The highest BCUT2D eigenvalue weighted by Gasteiger charge is 2.25. The van der Waals surface area contributed by atoms with E-state index in [9.17, 15) is 14.4 Å². The first kappa shape index (κ1) is 22.6. The molecule has 0 bridgehead atoms. The number of halogens is 1. The Balaban J connectivity index is 1.42. The number of hydrogen-bond acceptors (Lipinski definition) is 4. The van der Waals surface area contributed by atoms with Gasteiger partial charge < -0.3 is 15.0 Å². The van der Waals surface area contributed by atoms with Crippen LogP contribution in [0.1, 0.15) is 34.3 Å². The van der Waals surface area contributed by atoms with Gasteiger partial charge in [0.25, 0.3) is 5.91 Å². The second kappa shape index (κ2) is 9.88. The summed E-state index contributed by atoms with van der Waals surface area (Å²) in [6, 6.07) is 19.3. The zero-order chi connectivity index (χ0) is 23.4. The number of anilines is 2. The summed E-state index contributed by atoms with van der Waals surface area (Å²) in [7, 11) is 0. The van der Waals surface area contributed by atoms with Crippen molar-refractivity contribution in [2.75, 3.05) is 23.4 Å². The monoisotopic (exact) mass is 462 g/mol. The molecule has 1 aliphatic heterocycles. The van der Waals surface area contributed by atoms with Gasteiger partial charge in [0.1, 0.15) is 5.75 Å². The van der Waals surface area contributed by atoms with Gasteiger partial charge in [-0.25, -0.2) is 0 Å². The lowest BCUT2D eigenvalue weighted by Crippen LogP contribution is -2.39. The zero-order valence-corrected chi connectivity index (χ0v) is 18.9. The van der Waals surface area contributed by atoms with Crippen LogP contribution in [0.2, 0.25) is 5.02 Å². The lowest BCUT2D eigenvalue weighted by molar-refractivity contribution is -0.121. The SMILES string of the molecule is Cc1ccc2c(c1)N(CCCC(=O)Nc1ccc(Cl)cc1C(=O)c1ccccc1)C(=O)CO2. The molecule has 0 aliphatic carbocycles. The molecule has 0 saturated heterocycles. The fraction of sp³-hybridized carbons (Fsp3) is 0.192. The first-order valence-corrected chi connectivity index (χ1v) is 11.0. The number of fused-ring (bicyclic) bond motifs is 1. The third-order valence-corrected chi connectivity index (χ3v) is 5.61. The molecule has 1 aliphatic rings. The van der Waals surface area contributed by atoms with Crippen LogP contribution in [0.3, 0.4) is 0 Å². The molecular formula is C26H23ClN2O4. The van der Waals surface area contributed by atoms with Crippen LogP contribution in [0.4, 0.5) is 11.4 Å². The Morgan fingerprint density at radius 3 is 2.64 bits per heavy atom.